The number of benzene rings is 1. The molecule has 0 fully saturated rings. The van der Waals surface area contributed by atoms with Crippen LogP contribution in [0.3, 0.4) is 0 Å². The predicted molar refractivity (Wildman–Crippen MR) is 53.1 cm³/mol. The van der Waals surface area contributed by atoms with Gasteiger partial charge in [0.1, 0.15) is 0 Å². The molecule has 64 valence electrons. The summed E-state index contributed by atoms with van der Waals surface area (Å²) in [6.45, 7) is 0. The van der Waals surface area contributed by atoms with Gasteiger partial charge in [-0.05, 0) is 0 Å². The van der Waals surface area contributed by atoms with Crippen molar-refractivity contribution in [1.29, 1.82) is 0 Å². The number of hydrogen-bond acceptors (Lipinski definition) is 2. The molecule has 1 aromatic heterocycles. The SMILES string of the molecule is Clc1ccc([O][Bi])c2ncccc12. The molecule has 0 saturated carbocycles. The van der Waals surface area contributed by atoms with Gasteiger partial charge in [-0.2, -0.15) is 0 Å². The third-order valence-corrected chi connectivity index (χ3v) is 2.87. The molecule has 0 bridgehead atoms. The molecule has 0 aliphatic heterocycles. The monoisotopic (exact) mass is 387 g/mol. The molecule has 0 unspecified atom stereocenters. The Morgan fingerprint density at radius 2 is 2.15 bits per heavy atom. The molecule has 0 atom stereocenters. The molecule has 13 heavy (non-hydrogen) atoms. The van der Waals surface area contributed by atoms with Gasteiger partial charge >= 0.3 is 96.7 Å². The Hall–Kier alpha value is -0.397. The summed E-state index contributed by atoms with van der Waals surface area (Å²) in [4.78, 5) is 4.22. The summed E-state index contributed by atoms with van der Waals surface area (Å²) in [5.41, 5.74) is 0.831. The molecule has 4 heteroatoms. The molecule has 1 aromatic carbocycles. The van der Waals surface area contributed by atoms with Crippen LogP contribution < -0.4 is 2.81 Å². The molecule has 2 rings (SSSR count). The number of halogens is 1. The topological polar surface area (TPSA) is 22.1 Å². The van der Waals surface area contributed by atoms with Gasteiger partial charge in [-0.15, -0.1) is 0 Å². The molecule has 0 spiro atoms. The zero-order valence-corrected chi connectivity index (χ0v) is 10.8. The molecule has 2 nitrogen and oxygen atoms in total. The molecule has 0 amide bonds. The Labute approximate surface area is 96.3 Å². The summed E-state index contributed by atoms with van der Waals surface area (Å²) >= 11 is 6.85. The normalized spacial score (nSPS) is 10.3. The van der Waals surface area contributed by atoms with E-state index in [4.69, 9.17) is 14.4 Å². The zero-order valence-electron chi connectivity index (χ0n) is 6.57. The molecule has 0 saturated heterocycles. The number of nitrogens with zero attached hydrogens (tertiary/aromatic N) is 1. The number of hydrogen-bond donors (Lipinski definition) is 0. The van der Waals surface area contributed by atoms with Crippen LogP contribution in [0.15, 0.2) is 30.5 Å². The van der Waals surface area contributed by atoms with Crippen LogP contribution in [-0.2, 0) is 0 Å². The molecule has 2 aromatic rings. The maximum atomic E-state index is 6.00. The quantitative estimate of drug-likeness (QED) is 0.701. The van der Waals surface area contributed by atoms with Gasteiger partial charge < -0.3 is 0 Å². The summed E-state index contributed by atoms with van der Waals surface area (Å²) in [6.07, 6.45) is 1.74. The van der Waals surface area contributed by atoms with Gasteiger partial charge in [0.25, 0.3) is 0 Å². The molecular formula is C9H5BiClNO. The standard InChI is InChI=1S/C9H6ClNO.Bi/c10-7-3-4-8(12)9-6(7)2-1-5-11-9;/h1-5,12H;/q;+1/p-1. The van der Waals surface area contributed by atoms with Gasteiger partial charge in [0.2, 0.25) is 0 Å². The van der Waals surface area contributed by atoms with Crippen molar-refractivity contribution in [2.45, 2.75) is 0 Å². The van der Waals surface area contributed by atoms with Crippen LogP contribution in [0.2, 0.25) is 5.02 Å². The van der Waals surface area contributed by atoms with Gasteiger partial charge in [-0.1, -0.05) is 0 Å². The Kier molecular flexibility index (Phi) is 2.66. The summed E-state index contributed by atoms with van der Waals surface area (Å²) in [6, 6.07) is 7.47. The second kappa shape index (κ2) is 3.77. The van der Waals surface area contributed by atoms with Crippen LogP contribution in [0.5, 0.6) is 5.75 Å². The third-order valence-electron chi connectivity index (χ3n) is 1.78. The number of aromatic nitrogens is 1. The molecule has 0 N–H and O–H groups in total. The third kappa shape index (κ3) is 1.63. The van der Waals surface area contributed by atoms with Crippen molar-refractivity contribution in [2.24, 2.45) is 0 Å². The Bertz CT molecular complexity index is 447. The summed E-state index contributed by atoms with van der Waals surface area (Å²) < 4.78 is 5.27. The first-order valence-electron chi connectivity index (χ1n) is 3.67. The van der Waals surface area contributed by atoms with Gasteiger partial charge in [0, 0.05) is 0 Å². The van der Waals surface area contributed by atoms with E-state index in [9.17, 15) is 0 Å². The van der Waals surface area contributed by atoms with Crippen LogP contribution >= 0.6 is 11.6 Å². The molecular weight excluding hydrogens is 383 g/mol. The molecule has 0 aliphatic carbocycles. The fourth-order valence-corrected chi connectivity index (χ4v) is 1.97. The van der Waals surface area contributed by atoms with Crippen molar-refractivity contribution in [3.8, 4) is 5.75 Å². The Morgan fingerprint density at radius 3 is 2.92 bits per heavy atom. The minimum absolute atomic E-state index is 0.710. The maximum absolute atomic E-state index is 6.00. The van der Waals surface area contributed by atoms with Crippen LogP contribution in [0.4, 0.5) is 0 Å². The zero-order chi connectivity index (χ0) is 9.26. The first-order chi connectivity index (χ1) is 6.33. The number of fused-ring (bicyclic) bond motifs is 1. The van der Waals surface area contributed by atoms with Crippen molar-refractivity contribution in [3.63, 3.8) is 0 Å². The van der Waals surface area contributed by atoms with E-state index in [2.05, 4.69) is 4.98 Å². The van der Waals surface area contributed by atoms with Crippen molar-refractivity contribution < 1.29 is 2.81 Å². The van der Waals surface area contributed by atoms with Crippen molar-refractivity contribution in [1.82, 2.24) is 4.98 Å². The summed E-state index contributed by atoms with van der Waals surface area (Å²) in [5, 5.41) is 1.65. The second-order valence-corrected chi connectivity index (χ2v) is 3.65. The minimum atomic E-state index is 0.710. The van der Waals surface area contributed by atoms with Crippen LogP contribution in [0.1, 0.15) is 0 Å². The van der Waals surface area contributed by atoms with Crippen LogP contribution in [-0.4, -0.2) is 30.1 Å². The second-order valence-electron chi connectivity index (χ2n) is 2.54. The van der Waals surface area contributed by atoms with E-state index in [0.29, 0.717) is 5.02 Å². The van der Waals surface area contributed by atoms with Crippen LogP contribution in [0.25, 0.3) is 10.9 Å². The van der Waals surface area contributed by atoms with E-state index in [1.54, 1.807) is 6.20 Å². The van der Waals surface area contributed by atoms with E-state index < -0.39 is 0 Å². The Morgan fingerprint density at radius 1 is 1.31 bits per heavy atom. The van der Waals surface area contributed by atoms with E-state index in [1.807, 2.05) is 24.3 Å². The number of pyridine rings is 1. The van der Waals surface area contributed by atoms with E-state index in [-0.39, 0.29) is 0 Å². The van der Waals surface area contributed by atoms with Crippen molar-refractivity contribution in [3.05, 3.63) is 35.5 Å². The van der Waals surface area contributed by atoms with Gasteiger partial charge in [0.15, 0.2) is 0 Å². The Balaban J connectivity index is 2.84. The molecule has 0 aliphatic rings. The summed E-state index contributed by atoms with van der Waals surface area (Å²) in [7, 11) is 0. The fourth-order valence-electron chi connectivity index (χ4n) is 1.19. The fraction of sp³-hybridized carbons (Fsp3) is 0. The summed E-state index contributed by atoms with van der Waals surface area (Å²) in [5.74, 6) is 0.799. The predicted octanol–water partition coefficient (Wildman–Crippen LogP) is 2.35. The average molecular weight is 388 g/mol. The van der Waals surface area contributed by atoms with Gasteiger partial charge in [0.05, 0.1) is 0 Å². The van der Waals surface area contributed by atoms with E-state index in [1.165, 1.54) is 0 Å². The van der Waals surface area contributed by atoms with Crippen molar-refractivity contribution >= 4 is 47.7 Å². The van der Waals surface area contributed by atoms with Gasteiger partial charge in [-0.25, -0.2) is 0 Å². The van der Waals surface area contributed by atoms with E-state index in [0.717, 1.165) is 41.8 Å². The van der Waals surface area contributed by atoms with Gasteiger partial charge in [-0.3, -0.25) is 0 Å². The first kappa shape index (κ1) is 9.17. The average Bonchev–Trinajstić information content (AvgIpc) is 2.19. The van der Waals surface area contributed by atoms with Crippen molar-refractivity contribution in [2.75, 3.05) is 0 Å². The first-order valence-corrected chi connectivity index (χ1v) is 5.47. The molecule has 1 heterocycles. The number of rotatable bonds is 1. The van der Waals surface area contributed by atoms with Crippen LogP contribution in [0, 0.1) is 0 Å². The van der Waals surface area contributed by atoms with E-state index >= 15 is 0 Å². The molecule has 2 radical (unpaired) electrons.